The number of sulfonamides is 1. The monoisotopic (exact) mass is 476 g/mol. The Bertz CT molecular complexity index is 1460. The standard InChI is InChI=1S/C25H24N4O4S/c1-16-5-4-6-22(24(16)34(26,31)32)18-7-9-19(10-8-18)27-25(30)23-15-17(2)28-29(23)20-11-13-21(33-3)14-12-20/h4-15H,1-3H3,(H,27,30)(H2,26,31,32). The van der Waals surface area contributed by atoms with Gasteiger partial charge >= 0.3 is 0 Å². The number of nitrogens with one attached hydrogen (secondary N) is 1. The molecule has 0 radical (unpaired) electrons. The molecule has 0 saturated carbocycles. The number of benzene rings is 3. The van der Waals surface area contributed by atoms with Crippen molar-refractivity contribution in [2.75, 3.05) is 12.4 Å². The zero-order chi connectivity index (χ0) is 24.5. The van der Waals surface area contributed by atoms with E-state index in [1.165, 1.54) is 0 Å². The molecule has 0 saturated heterocycles. The van der Waals surface area contributed by atoms with Gasteiger partial charge in [-0.25, -0.2) is 18.2 Å². The molecular weight excluding hydrogens is 452 g/mol. The van der Waals surface area contributed by atoms with Crippen molar-refractivity contribution in [3.63, 3.8) is 0 Å². The van der Waals surface area contributed by atoms with Gasteiger partial charge < -0.3 is 10.1 Å². The Morgan fingerprint density at radius 1 is 1.00 bits per heavy atom. The molecule has 0 unspecified atom stereocenters. The summed E-state index contributed by atoms with van der Waals surface area (Å²) in [5.41, 5.74) is 4.11. The van der Waals surface area contributed by atoms with Gasteiger partial charge in [-0.15, -0.1) is 0 Å². The van der Waals surface area contributed by atoms with E-state index in [-0.39, 0.29) is 10.8 Å². The van der Waals surface area contributed by atoms with E-state index in [1.54, 1.807) is 79.4 Å². The first-order chi connectivity index (χ1) is 16.2. The predicted octanol–water partition coefficient (Wildman–Crippen LogP) is 4.06. The van der Waals surface area contributed by atoms with Crippen LogP contribution in [0.15, 0.2) is 77.7 Å². The number of aryl methyl sites for hydroxylation is 2. The number of amides is 1. The van der Waals surface area contributed by atoms with Crippen LogP contribution in [0.1, 0.15) is 21.7 Å². The number of hydrogen-bond acceptors (Lipinski definition) is 5. The molecule has 0 aliphatic carbocycles. The maximum atomic E-state index is 13.0. The van der Waals surface area contributed by atoms with Crippen molar-refractivity contribution in [3.05, 3.63) is 89.7 Å². The lowest BCUT2D eigenvalue weighted by Gasteiger charge is -2.12. The molecule has 34 heavy (non-hydrogen) atoms. The smallest absolute Gasteiger partial charge is 0.274 e. The van der Waals surface area contributed by atoms with Gasteiger partial charge in [-0.1, -0.05) is 30.3 Å². The minimum Gasteiger partial charge on any atom is -0.497 e. The topological polar surface area (TPSA) is 116 Å². The SMILES string of the molecule is COc1ccc(-n2nc(C)cc2C(=O)Nc2ccc(-c3cccc(C)c3S(N)(=O)=O)cc2)cc1. The van der Waals surface area contributed by atoms with E-state index in [1.807, 2.05) is 19.1 Å². The molecule has 4 aromatic rings. The van der Waals surface area contributed by atoms with Gasteiger partial charge in [0.1, 0.15) is 11.4 Å². The van der Waals surface area contributed by atoms with Gasteiger partial charge in [-0.2, -0.15) is 5.10 Å². The summed E-state index contributed by atoms with van der Waals surface area (Å²) in [6, 6.07) is 21.0. The highest BCUT2D eigenvalue weighted by Gasteiger charge is 2.19. The van der Waals surface area contributed by atoms with Gasteiger partial charge in [0.25, 0.3) is 5.91 Å². The molecule has 0 atom stereocenters. The molecule has 1 heterocycles. The summed E-state index contributed by atoms with van der Waals surface area (Å²) >= 11 is 0. The summed E-state index contributed by atoms with van der Waals surface area (Å²) in [6.07, 6.45) is 0. The second-order valence-electron chi connectivity index (χ2n) is 7.81. The lowest BCUT2D eigenvalue weighted by molar-refractivity contribution is 0.101. The van der Waals surface area contributed by atoms with Crippen LogP contribution in [0.4, 0.5) is 5.69 Å². The molecule has 0 spiro atoms. The average molecular weight is 477 g/mol. The number of methoxy groups -OCH3 is 1. The number of hydrogen-bond donors (Lipinski definition) is 2. The molecule has 0 aliphatic heterocycles. The zero-order valence-corrected chi connectivity index (χ0v) is 19.8. The number of primary sulfonamides is 1. The average Bonchev–Trinajstić information content (AvgIpc) is 3.20. The molecule has 3 N–H and O–H groups in total. The Kier molecular flexibility index (Phi) is 6.23. The van der Waals surface area contributed by atoms with Crippen molar-refractivity contribution in [3.8, 4) is 22.6 Å². The maximum Gasteiger partial charge on any atom is 0.274 e. The fraction of sp³-hybridized carbons (Fsp3) is 0.120. The van der Waals surface area contributed by atoms with Crippen molar-refractivity contribution in [1.29, 1.82) is 0 Å². The van der Waals surface area contributed by atoms with Gasteiger partial charge in [0.15, 0.2) is 0 Å². The third-order valence-electron chi connectivity index (χ3n) is 5.33. The van der Waals surface area contributed by atoms with Crippen molar-refractivity contribution in [1.82, 2.24) is 9.78 Å². The van der Waals surface area contributed by atoms with Crippen molar-refractivity contribution in [2.45, 2.75) is 18.7 Å². The van der Waals surface area contributed by atoms with Crippen LogP contribution in [0.2, 0.25) is 0 Å². The Hall–Kier alpha value is -3.95. The Morgan fingerprint density at radius 3 is 2.29 bits per heavy atom. The van der Waals surface area contributed by atoms with Gasteiger partial charge in [0.2, 0.25) is 10.0 Å². The Balaban J connectivity index is 1.60. The summed E-state index contributed by atoms with van der Waals surface area (Å²) in [6.45, 7) is 3.52. The third kappa shape index (κ3) is 4.70. The normalized spacial score (nSPS) is 11.3. The fourth-order valence-corrected chi connectivity index (χ4v) is 4.78. The summed E-state index contributed by atoms with van der Waals surface area (Å²) in [7, 11) is -2.31. The summed E-state index contributed by atoms with van der Waals surface area (Å²) in [5, 5.41) is 12.7. The zero-order valence-electron chi connectivity index (χ0n) is 18.9. The van der Waals surface area contributed by atoms with Crippen LogP contribution in [0.25, 0.3) is 16.8 Å². The number of anilines is 1. The molecule has 4 rings (SSSR count). The van der Waals surface area contributed by atoms with E-state index in [0.29, 0.717) is 39.5 Å². The minimum absolute atomic E-state index is 0.0886. The minimum atomic E-state index is -3.90. The number of aromatic nitrogens is 2. The molecule has 1 amide bonds. The molecule has 174 valence electrons. The van der Waals surface area contributed by atoms with Crippen molar-refractivity contribution < 1.29 is 17.9 Å². The molecule has 0 aliphatic rings. The Labute approximate surface area is 198 Å². The van der Waals surface area contributed by atoms with Crippen LogP contribution in [-0.4, -0.2) is 31.2 Å². The lowest BCUT2D eigenvalue weighted by atomic mass is 10.0. The van der Waals surface area contributed by atoms with E-state index in [4.69, 9.17) is 9.88 Å². The van der Waals surface area contributed by atoms with E-state index < -0.39 is 10.0 Å². The number of carbonyl (C=O) groups is 1. The molecule has 0 fully saturated rings. The van der Waals surface area contributed by atoms with Crippen LogP contribution in [0, 0.1) is 13.8 Å². The molecule has 8 nitrogen and oxygen atoms in total. The first-order valence-corrected chi connectivity index (χ1v) is 12.0. The molecular formula is C25H24N4O4S. The molecule has 9 heteroatoms. The second-order valence-corrected chi connectivity index (χ2v) is 9.31. The number of nitrogens with zero attached hydrogens (tertiary/aromatic N) is 2. The van der Waals surface area contributed by atoms with E-state index in [0.717, 1.165) is 5.69 Å². The molecule has 0 bridgehead atoms. The number of ether oxygens (including phenoxy) is 1. The lowest BCUT2D eigenvalue weighted by Crippen LogP contribution is -2.17. The quantitative estimate of drug-likeness (QED) is 0.435. The number of rotatable bonds is 6. The highest BCUT2D eigenvalue weighted by atomic mass is 32.2. The second kappa shape index (κ2) is 9.12. The first kappa shape index (κ1) is 23.2. The van der Waals surface area contributed by atoms with Crippen LogP contribution in [-0.2, 0) is 10.0 Å². The van der Waals surface area contributed by atoms with Crippen LogP contribution in [0.3, 0.4) is 0 Å². The highest BCUT2D eigenvalue weighted by Crippen LogP contribution is 2.30. The van der Waals surface area contributed by atoms with Gasteiger partial charge in [0.05, 0.1) is 23.4 Å². The third-order valence-corrected chi connectivity index (χ3v) is 6.44. The first-order valence-electron chi connectivity index (χ1n) is 10.4. The van der Waals surface area contributed by atoms with E-state index >= 15 is 0 Å². The number of nitrogens with two attached hydrogens (primary N) is 1. The Morgan fingerprint density at radius 2 is 1.68 bits per heavy atom. The highest BCUT2D eigenvalue weighted by molar-refractivity contribution is 7.89. The van der Waals surface area contributed by atoms with Crippen molar-refractivity contribution >= 4 is 21.6 Å². The van der Waals surface area contributed by atoms with Crippen LogP contribution in [0.5, 0.6) is 5.75 Å². The summed E-state index contributed by atoms with van der Waals surface area (Å²) in [5.74, 6) is 0.378. The summed E-state index contributed by atoms with van der Waals surface area (Å²) < 4.78 is 31.0. The van der Waals surface area contributed by atoms with Gasteiger partial charge in [0, 0.05) is 11.3 Å². The summed E-state index contributed by atoms with van der Waals surface area (Å²) in [4.78, 5) is 13.1. The van der Waals surface area contributed by atoms with E-state index in [2.05, 4.69) is 10.4 Å². The van der Waals surface area contributed by atoms with Crippen molar-refractivity contribution in [2.24, 2.45) is 5.14 Å². The fourth-order valence-electron chi connectivity index (χ4n) is 3.77. The molecule has 1 aromatic heterocycles. The molecule has 3 aromatic carbocycles. The van der Waals surface area contributed by atoms with E-state index in [9.17, 15) is 13.2 Å². The van der Waals surface area contributed by atoms with Crippen LogP contribution < -0.4 is 15.2 Å². The maximum absolute atomic E-state index is 13.0. The van der Waals surface area contributed by atoms with Gasteiger partial charge in [-0.3, -0.25) is 4.79 Å². The number of carbonyl (C=O) groups excluding carboxylic acids is 1. The largest absolute Gasteiger partial charge is 0.497 e. The predicted molar refractivity (Wildman–Crippen MR) is 131 cm³/mol. The van der Waals surface area contributed by atoms with Gasteiger partial charge in [-0.05, 0) is 67.4 Å². The van der Waals surface area contributed by atoms with Crippen LogP contribution >= 0.6 is 0 Å².